The number of ether oxygens (including phenoxy) is 2. The van der Waals surface area contributed by atoms with E-state index in [9.17, 15) is 9.59 Å². The first-order valence-electron chi connectivity index (χ1n) is 10.3. The number of nitrogens with zero attached hydrogens (tertiary/aromatic N) is 3. The number of aromatic amines is 1. The summed E-state index contributed by atoms with van der Waals surface area (Å²) < 4.78 is 11.7. The van der Waals surface area contributed by atoms with Gasteiger partial charge in [0.25, 0.3) is 5.91 Å². The van der Waals surface area contributed by atoms with Crippen LogP contribution in [0.25, 0.3) is 10.2 Å². The standard InChI is InChI=1S/C21H24ClN5O4S/c1-4-31-20(29)12-6-5-7-14-16(12)32-21(25-14)27-9-8-13(15(10-27)30-3)24-19(28)18-23-11(2)17(22)26-18/h5-7,13,15H,4,8-10H2,1-3H3,(H,23,26)(H,24,28). The zero-order valence-electron chi connectivity index (χ0n) is 18.0. The lowest BCUT2D eigenvalue weighted by Gasteiger charge is -2.37. The van der Waals surface area contributed by atoms with Crippen molar-refractivity contribution in [3.8, 4) is 0 Å². The molecule has 0 spiro atoms. The third kappa shape index (κ3) is 4.43. The molecule has 0 bridgehead atoms. The molecule has 2 unspecified atom stereocenters. The summed E-state index contributed by atoms with van der Waals surface area (Å²) in [5, 5.41) is 4.08. The van der Waals surface area contributed by atoms with E-state index in [-0.39, 0.29) is 35.0 Å². The molecule has 170 valence electrons. The molecule has 0 radical (unpaired) electrons. The molecule has 1 fully saturated rings. The van der Waals surface area contributed by atoms with Crippen LogP contribution in [0.1, 0.15) is 40.0 Å². The minimum Gasteiger partial charge on any atom is -0.462 e. The fraction of sp³-hybridized carbons (Fsp3) is 0.429. The number of halogens is 1. The minimum absolute atomic E-state index is 0.183. The van der Waals surface area contributed by atoms with Crippen LogP contribution in [0.15, 0.2) is 18.2 Å². The Morgan fingerprint density at radius 1 is 1.38 bits per heavy atom. The normalized spacial score (nSPS) is 18.7. The van der Waals surface area contributed by atoms with E-state index in [0.717, 1.165) is 15.3 Å². The van der Waals surface area contributed by atoms with E-state index in [2.05, 4.69) is 20.2 Å². The minimum atomic E-state index is -0.349. The van der Waals surface area contributed by atoms with Gasteiger partial charge in [0.05, 0.1) is 40.2 Å². The lowest BCUT2D eigenvalue weighted by atomic mass is 10.0. The second kappa shape index (κ2) is 9.43. The van der Waals surface area contributed by atoms with Gasteiger partial charge in [0.2, 0.25) is 0 Å². The van der Waals surface area contributed by atoms with Gasteiger partial charge >= 0.3 is 5.97 Å². The molecule has 2 atom stereocenters. The van der Waals surface area contributed by atoms with Crippen LogP contribution < -0.4 is 10.2 Å². The molecule has 3 heterocycles. The number of hydrogen-bond donors (Lipinski definition) is 2. The number of methoxy groups -OCH3 is 1. The van der Waals surface area contributed by atoms with Crippen molar-refractivity contribution in [2.24, 2.45) is 0 Å². The Morgan fingerprint density at radius 2 is 2.19 bits per heavy atom. The predicted molar refractivity (Wildman–Crippen MR) is 123 cm³/mol. The number of aryl methyl sites for hydroxylation is 1. The molecule has 2 aromatic heterocycles. The number of piperidine rings is 1. The van der Waals surface area contributed by atoms with Gasteiger partial charge in [0.15, 0.2) is 16.1 Å². The summed E-state index contributed by atoms with van der Waals surface area (Å²) in [4.78, 5) is 38.6. The van der Waals surface area contributed by atoms with Crippen LogP contribution in [0.3, 0.4) is 0 Å². The molecule has 0 saturated carbocycles. The van der Waals surface area contributed by atoms with E-state index in [0.29, 0.717) is 37.4 Å². The Hall–Kier alpha value is -2.69. The maximum absolute atomic E-state index is 12.6. The van der Waals surface area contributed by atoms with Crippen molar-refractivity contribution < 1.29 is 19.1 Å². The largest absolute Gasteiger partial charge is 0.462 e. The van der Waals surface area contributed by atoms with Crippen molar-refractivity contribution in [2.75, 3.05) is 31.7 Å². The third-order valence-corrected chi connectivity index (χ3v) is 6.92. The smallest absolute Gasteiger partial charge is 0.339 e. The summed E-state index contributed by atoms with van der Waals surface area (Å²) in [7, 11) is 1.62. The Balaban J connectivity index is 1.49. The van der Waals surface area contributed by atoms with Crippen LogP contribution in [0.2, 0.25) is 5.15 Å². The fourth-order valence-corrected chi connectivity index (χ4v) is 4.95. The van der Waals surface area contributed by atoms with Gasteiger partial charge < -0.3 is 24.7 Å². The van der Waals surface area contributed by atoms with E-state index in [1.165, 1.54) is 11.3 Å². The number of aromatic nitrogens is 3. The first-order chi connectivity index (χ1) is 15.4. The van der Waals surface area contributed by atoms with Crippen LogP contribution in [-0.2, 0) is 9.47 Å². The first-order valence-corrected chi connectivity index (χ1v) is 11.5. The number of H-pyrrole nitrogens is 1. The van der Waals surface area contributed by atoms with Gasteiger partial charge in [0, 0.05) is 20.2 Å². The summed E-state index contributed by atoms with van der Waals surface area (Å²) in [6, 6.07) is 5.26. The summed E-state index contributed by atoms with van der Waals surface area (Å²) in [5.41, 5.74) is 1.92. The lowest BCUT2D eigenvalue weighted by Crippen LogP contribution is -2.55. The number of rotatable bonds is 6. The van der Waals surface area contributed by atoms with E-state index in [4.69, 9.17) is 26.1 Å². The second-order valence-corrected chi connectivity index (χ2v) is 8.80. The number of imidazole rings is 1. The summed E-state index contributed by atoms with van der Waals surface area (Å²) in [5.74, 6) is -0.486. The fourth-order valence-electron chi connectivity index (χ4n) is 3.72. The molecule has 1 aliphatic heterocycles. The molecule has 11 heteroatoms. The number of fused-ring (bicyclic) bond motifs is 1. The number of carbonyl (C=O) groups excluding carboxylic acids is 2. The summed E-state index contributed by atoms with van der Waals surface area (Å²) >= 11 is 7.41. The van der Waals surface area contributed by atoms with Crippen LogP contribution in [0.4, 0.5) is 5.13 Å². The number of benzene rings is 1. The second-order valence-electron chi connectivity index (χ2n) is 7.46. The monoisotopic (exact) mass is 477 g/mol. The number of thiazole rings is 1. The van der Waals surface area contributed by atoms with Gasteiger partial charge in [-0.2, -0.15) is 0 Å². The molecule has 9 nitrogen and oxygen atoms in total. The highest BCUT2D eigenvalue weighted by Gasteiger charge is 2.33. The van der Waals surface area contributed by atoms with E-state index in [1.54, 1.807) is 33.1 Å². The Bertz CT molecular complexity index is 1130. The van der Waals surface area contributed by atoms with Gasteiger partial charge in [-0.15, -0.1) is 0 Å². The molecule has 3 aromatic rings. The van der Waals surface area contributed by atoms with Crippen LogP contribution in [0.5, 0.6) is 0 Å². The molecule has 1 aromatic carbocycles. The topological polar surface area (TPSA) is 109 Å². The van der Waals surface area contributed by atoms with Gasteiger partial charge in [-0.1, -0.05) is 29.0 Å². The van der Waals surface area contributed by atoms with E-state index in [1.807, 2.05) is 6.07 Å². The van der Waals surface area contributed by atoms with Crippen molar-refractivity contribution in [1.29, 1.82) is 0 Å². The highest BCUT2D eigenvalue weighted by molar-refractivity contribution is 7.22. The summed E-state index contributed by atoms with van der Waals surface area (Å²) in [6.07, 6.45) is 0.425. The lowest BCUT2D eigenvalue weighted by molar-refractivity contribution is 0.0528. The van der Waals surface area contributed by atoms with Crippen LogP contribution >= 0.6 is 22.9 Å². The molecule has 0 aliphatic carbocycles. The van der Waals surface area contributed by atoms with Gasteiger partial charge in [-0.25, -0.2) is 14.8 Å². The van der Waals surface area contributed by atoms with Crippen molar-refractivity contribution in [3.05, 3.63) is 40.4 Å². The average Bonchev–Trinajstić information content (AvgIpc) is 3.37. The number of hydrogen-bond acceptors (Lipinski definition) is 8. The van der Waals surface area contributed by atoms with Gasteiger partial charge in [0.1, 0.15) is 0 Å². The number of esters is 1. The molecular weight excluding hydrogens is 454 g/mol. The number of carbonyl (C=O) groups is 2. The molecule has 2 N–H and O–H groups in total. The molecule has 1 amide bonds. The van der Waals surface area contributed by atoms with E-state index < -0.39 is 0 Å². The zero-order chi connectivity index (χ0) is 22.8. The highest BCUT2D eigenvalue weighted by atomic mass is 35.5. The summed E-state index contributed by atoms with van der Waals surface area (Å²) in [6.45, 7) is 5.09. The van der Waals surface area contributed by atoms with Crippen LogP contribution in [-0.4, -0.2) is 65.8 Å². The quantitative estimate of drug-likeness (QED) is 0.524. The molecule has 32 heavy (non-hydrogen) atoms. The van der Waals surface area contributed by atoms with Crippen LogP contribution in [0, 0.1) is 6.92 Å². The third-order valence-electron chi connectivity index (χ3n) is 5.39. The van der Waals surface area contributed by atoms with Crippen molar-refractivity contribution in [2.45, 2.75) is 32.4 Å². The Labute approximate surface area is 194 Å². The molecule has 1 aliphatic rings. The average molecular weight is 478 g/mol. The highest BCUT2D eigenvalue weighted by Crippen LogP contribution is 2.33. The Kier molecular flexibility index (Phi) is 6.63. The molecule has 4 rings (SSSR count). The zero-order valence-corrected chi connectivity index (χ0v) is 19.5. The number of nitrogens with one attached hydrogen (secondary N) is 2. The number of anilines is 1. The first kappa shape index (κ1) is 22.5. The van der Waals surface area contributed by atoms with Crippen molar-refractivity contribution in [3.63, 3.8) is 0 Å². The number of amides is 1. The van der Waals surface area contributed by atoms with Crippen molar-refractivity contribution >= 4 is 50.2 Å². The predicted octanol–water partition coefficient (Wildman–Crippen LogP) is 3.18. The van der Waals surface area contributed by atoms with E-state index >= 15 is 0 Å². The molecular formula is C21H24ClN5O4S. The Morgan fingerprint density at radius 3 is 2.88 bits per heavy atom. The maximum atomic E-state index is 12.6. The van der Waals surface area contributed by atoms with Gasteiger partial charge in [-0.3, -0.25) is 4.79 Å². The molecule has 1 saturated heterocycles. The maximum Gasteiger partial charge on any atom is 0.339 e. The van der Waals surface area contributed by atoms with Crippen molar-refractivity contribution in [1.82, 2.24) is 20.3 Å². The SMILES string of the molecule is CCOC(=O)c1cccc2nc(N3CCC(NC(=O)c4nc(Cl)c(C)[nH]4)C(OC)C3)sc12. The van der Waals surface area contributed by atoms with Gasteiger partial charge in [-0.05, 0) is 32.4 Å².